The molecule has 6 nitrogen and oxygen atoms in total. The number of carbonyl (C=O) groups is 2. The fourth-order valence-electron chi connectivity index (χ4n) is 3.74. The molecule has 3 aromatic rings. The molecular weight excluding hydrogens is 453 g/mol. The second-order valence-corrected chi connectivity index (χ2v) is 9.01. The summed E-state index contributed by atoms with van der Waals surface area (Å²) in [5, 5.41) is 0.878. The number of hydrogen-bond acceptors (Lipinski definition) is 5. The van der Waals surface area contributed by atoms with Gasteiger partial charge in [0, 0.05) is 42.8 Å². The SMILES string of the molecule is CC1C(=O)N(c2ccc(SC(F)(F)F)cc2)C(=O)N1Cc1ccnc2ccc(N(C)C)cc12. The topological polar surface area (TPSA) is 56.8 Å². The summed E-state index contributed by atoms with van der Waals surface area (Å²) < 4.78 is 37.8. The van der Waals surface area contributed by atoms with Crippen molar-refractivity contribution in [3.05, 3.63) is 60.3 Å². The molecule has 0 bridgehead atoms. The van der Waals surface area contributed by atoms with Crippen LogP contribution in [0, 0.1) is 0 Å². The predicted octanol–water partition coefficient (Wildman–Crippen LogP) is 5.27. The molecule has 1 aliphatic rings. The van der Waals surface area contributed by atoms with E-state index < -0.39 is 23.5 Å². The smallest absolute Gasteiger partial charge is 0.378 e. The summed E-state index contributed by atoms with van der Waals surface area (Å²) in [6.07, 6.45) is 1.66. The molecule has 2 heterocycles. The van der Waals surface area contributed by atoms with Gasteiger partial charge in [-0.15, -0.1) is 0 Å². The molecule has 1 atom stereocenters. The van der Waals surface area contributed by atoms with E-state index in [0.717, 1.165) is 27.1 Å². The maximum Gasteiger partial charge on any atom is 0.446 e. The third kappa shape index (κ3) is 4.61. The summed E-state index contributed by atoms with van der Waals surface area (Å²) in [6.45, 7) is 1.84. The monoisotopic (exact) mass is 474 g/mol. The summed E-state index contributed by atoms with van der Waals surface area (Å²) in [4.78, 5) is 34.9. The first-order valence-corrected chi connectivity index (χ1v) is 10.9. The van der Waals surface area contributed by atoms with Gasteiger partial charge in [-0.05, 0) is 72.8 Å². The van der Waals surface area contributed by atoms with Gasteiger partial charge in [0.15, 0.2) is 0 Å². The van der Waals surface area contributed by atoms with Crippen molar-refractivity contribution < 1.29 is 22.8 Å². The maximum atomic E-state index is 13.2. The fraction of sp³-hybridized carbons (Fsp3) is 0.261. The van der Waals surface area contributed by atoms with Crippen LogP contribution in [0.4, 0.5) is 29.3 Å². The molecule has 0 radical (unpaired) electrons. The number of aromatic nitrogens is 1. The number of nitrogens with zero attached hydrogens (tertiary/aromatic N) is 4. The highest BCUT2D eigenvalue weighted by Gasteiger charge is 2.43. The number of hydrogen-bond donors (Lipinski definition) is 0. The van der Waals surface area contributed by atoms with Crippen LogP contribution in [0.25, 0.3) is 10.9 Å². The van der Waals surface area contributed by atoms with E-state index in [1.165, 1.54) is 29.2 Å². The first kappa shape index (κ1) is 22.9. The minimum absolute atomic E-state index is 0.0183. The van der Waals surface area contributed by atoms with Gasteiger partial charge in [0.25, 0.3) is 5.91 Å². The molecule has 0 saturated carbocycles. The van der Waals surface area contributed by atoms with Gasteiger partial charge >= 0.3 is 11.5 Å². The molecule has 172 valence electrons. The van der Waals surface area contributed by atoms with Crippen LogP contribution in [0.15, 0.2) is 59.6 Å². The molecule has 2 aromatic carbocycles. The van der Waals surface area contributed by atoms with E-state index in [0.29, 0.717) is 0 Å². The van der Waals surface area contributed by atoms with Crippen LogP contribution >= 0.6 is 11.8 Å². The van der Waals surface area contributed by atoms with Crippen LogP contribution in [0.1, 0.15) is 12.5 Å². The van der Waals surface area contributed by atoms with Crippen molar-refractivity contribution >= 4 is 46.0 Å². The molecule has 1 aliphatic heterocycles. The second-order valence-electron chi connectivity index (χ2n) is 7.87. The van der Waals surface area contributed by atoms with Crippen LogP contribution in [-0.2, 0) is 11.3 Å². The number of thioether (sulfide) groups is 1. The standard InChI is InChI=1S/C23H21F3N4O2S/c1-14-21(31)30(16-4-7-18(8-5-16)33-23(24,25)26)22(32)29(14)13-15-10-11-27-20-9-6-17(28(2)3)12-19(15)20/h4-12,14H,13H2,1-3H3. The number of halogens is 3. The third-order valence-corrected chi connectivity index (χ3v) is 6.22. The van der Waals surface area contributed by atoms with E-state index in [2.05, 4.69) is 4.98 Å². The summed E-state index contributed by atoms with van der Waals surface area (Å²) in [7, 11) is 3.86. The van der Waals surface area contributed by atoms with Crippen LogP contribution in [0.5, 0.6) is 0 Å². The number of amides is 3. The zero-order valence-corrected chi connectivity index (χ0v) is 18.9. The lowest BCUT2D eigenvalue weighted by Gasteiger charge is -2.21. The Morgan fingerprint density at radius 3 is 2.39 bits per heavy atom. The zero-order valence-electron chi connectivity index (χ0n) is 18.1. The number of alkyl halides is 3. The van der Waals surface area contributed by atoms with Gasteiger partial charge in [0.2, 0.25) is 0 Å². The van der Waals surface area contributed by atoms with Gasteiger partial charge in [-0.25, -0.2) is 9.69 Å². The Balaban J connectivity index is 1.61. The molecule has 0 N–H and O–H groups in total. The van der Waals surface area contributed by atoms with Crippen molar-refractivity contribution in [3.63, 3.8) is 0 Å². The van der Waals surface area contributed by atoms with Gasteiger partial charge in [0.1, 0.15) is 6.04 Å². The van der Waals surface area contributed by atoms with E-state index in [4.69, 9.17) is 0 Å². The number of carbonyl (C=O) groups excluding carboxylic acids is 2. The number of pyridine rings is 1. The molecule has 3 amide bonds. The van der Waals surface area contributed by atoms with Crippen molar-refractivity contribution in [2.75, 3.05) is 23.9 Å². The first-order chi connectivity index (χ1) is 15.5. The highest BCUT2D eigenvalue weighted by atomic mass is 32.2. The summed E-state index contributed by atoms with van der Waals surface area (Å²) in [5.41, 5.74) is -1.58. The van der Waals surface area contributed by atoms with Gasteiger partial charge in [-0.3, -0.25) is 9.78 Å². The lowest BCUT2D eigenvalue weighted by atomic mass is 10.1. The molecule has 4 rings (SSSR count). The van der Waals surface area contributed by atoms with Gasteiger partial charge in [-0.1, -0.05) is 0 Å². The molecule has 0 spiro atoms. The van der Waals surface area contributed by atoms with Crippen LogP contribution < -0.4 is 9.80 Å². The van der Waals surface area contributed by atoms with Crippen molar-refractivity contribution in [1.82, 2.24) is 9.88 Å². The molecule has 10 heteroatoms. The normalized spacial score (nSPS) is 16.7. The van der Waals surface area contributed by atoms with E-state index in [1.807, 2.05) is 43.3 Å². The van der Waals surface area contributed by atoms with Crippen molar-refractivity contribution in [1.29, 1.82) is 0 Å². The predicted molar refractivity (Wildman–Crippen MR) is 122 cm³/mol. The molecule has 1 saturated heterocycles. The largest absolute Gasteiger partial charge is 0.446 e. The lowest BCUT2D eigenvalue weighted by molar-refractivity contribution is -0.119. The molecule has 33 heavy (non-hydrogen) atoms. The Morgan fingerprint density at radius 1 is 1.06 bits per heavy atom. The van der Waals surface area contributed by atoms with Crippen molar-refractivity contribution in [3.8, 4) is 0 Å². The van der Waals surface area contributed by atoms with E-state index in [9.17, 15) is 22.8 Å². The number of anilines is 2. The number of benzene rings is 2. The Kier molecular flexibility index (Phi) is 5.96. The first-order valence-electron chi connectivity index (χ1n) is 10.1. The molecular formula is C23H21F3N4O2S. The Labute approximate surface area is 193 Å². The maximum absolute atomic E-state index is 13.2. The lowest BCUT2D eigenvalue weighted by Crippen LogP contribution is -2.33. The Hall–Kier alpha value is -3.27. The van der Waals surface area contributed by atoms with Gasteiger partial charge < -0.3 is 9.80 Å². The Morgan fingerprint density at radius 2 is 1.76 bits per heavy atom. The van der Waals surface area contributed by atoms with Crippen LogP contribution in [0.3, 0.4) is 0 Å². The molecule has 1 fully saturated rings. The summed E-state index contributed by atoms with van der Waals surface area (Å²) in [5.74, 6) is -0.427. The van der Waals surface area contributed by atoms with E-state index in [-0.39, 0.29) is 28.9 Å². The fourth-order valence-corrected chi connectivity index (χ4v) is 4.28. The van der Waals surface area contributed by atoms with Gasteiger partial charge in [-0.2, -0.15) is 13.2 Å². The number of fused-ring (bicyclic) bond motifs is 1. The van der Waals surface area contributed by atoms with Crippen LogP contribution in [-0.4, -0.2) is 47.5 Å². The second kappa shape index (κ2) is 8.58. The van der Waals surface area contributed by atoms with Crippen molar-refractivity contribution in [2.45, 2.75) is 29.9 Å². The minimum atomic E-state index is -4.41. The summed E-state index contributed by atoms with van der Waals surface area (Å²) >= 11 is -0.248. The highest BCUT2D eigenvalue weighted by molar-refractivity contribution is 8.00. The average Bonchev–Trinajstić information content (AvgIpc) is 2.96. The zero-order chi connectivity index (χ0) is 23.9. The molecule has 1 unspecified atom stereocenters. The molecule has 1 aromatic heterocycles. The highest BCUT2D eigenvalue weighted by Crippen LogP contribution is 2.38. The summed E-state index contributed by atoms with van der Waals surface area (Å²) in [6, 6.07) is 11.6. The number of rotatable bonds is 5. The third-order valence-electron chi connectivity index (χ3n) is 5.48. The van der Waals surface area contributed by atoms with Crippen molar-refractivity contribution in [2.24, 2.45) is 0 Å². The number of imide groups is 1. The van der Waals surface area contributed by atoms with E-state index >= 15 is 0 Å². The van der Waals surface area contributed by atoms with E-state index in [1.54, 1.807) is 13.1 Å². The Bertz CT molecular complexity index is 1210. The minimum Gasteiger partial charge on any atom is -0.378 e. The van der Waals surface area contributed by atoms with Gasteiger partial charge in [0.05, 0.1) is 11.2 Å². The quantitative estimate of drug-likeness (QED) is 0.373. The van der Waals surface area contributed by atoms with Crippen LogP contribution in [0.2, 0.25) is 0 Å². The number of urea groups is 1. The average molecular weight is 475 g/mol. The molecule has 0 aliphatic carbocycles.